The van der Waals surface area contributed by atoms with Crippen molar-refractivity contribution in [3.05, 3.63) is 65.7 Å². The number of rotatable bonds is 6. The summed E-state index contributed by atoms with van der Waals surface area (Å²) in [5.41, 5.74) is 0.656. The van der Waals surface area contributed by atoms with E-state index < -0.39 is 23.8 Å². The number of carbonyl (C=O) groups is 3. The highest BCUT2D eigenvalue weighted by atomic mass is 32.2. The van der Waals surface area contributed by atoms with Crippen molar-refractivity contribution in [3.8, 4) is 5.75 Å². The smallest absolute Gasteiger partial charge is 0.334 e. The van der Waals surface area contributed by atoms with Gasteiger partial charge in [-0.25, -0.2) is 4.79 Å². The molecule has 1 aliphatic heterocycles. The van der Waals surface area contributed by atoms with Crippen molar-refractivity contribution in [1.82, 2.24) is 4.90 Å². The van der Waals surface area contributed by atoms with Crippen LogP contribution in [0.4, 0.5) is 0 Å². The molecule has 0 saturated heterocycles. The Hall–Kier alpha value is -2.60. The summed E-state index contributed by atoms with van der Waals surface area (Å²) in [5.74, 6) is -0.483. The standard InChI is InChI=1S/C19H17NO4S/c1-25-12-11-16(19(23)24-13-7-3-2-4-8-13)20-17(21)14-9-5-6-10-15(14)18(20)22/h2-10,16H,11-12H2,1H3. The third-order valence-electron chi connectivity index (χ3n) is 3.97. The van der Waals surface area contributed by atoms with Gasteiger partial charge >= 0.3 is 5.97 Å². The van der Waals surface area contributed by atoms with E-state index in [1.54, 1.807) is 60.3 Å². The highest BCUT2D eigenvalue weighted by molar-refractivity contribution is 7.98. The molecule has 1 atom stereocenters. The van der Waals surface area contributed by atoms with Gasteiger partial charge in [-0.15, -0.1) is 0 Å². The van der Waals surface area contributed by atoms with Crippen LogP contribution in [-0.4, -0.2) is 40.7 Å². The van der Waals surface area contributed by atoms with Crippen molar-refractivity contribution >= 4 is 29.5 Å². The largest absolute Gasteiger partial charge is 0.425 e. The molecule has 2 amide bonds. The average molecular weight is 355 g/mol. The Balaban J connectivity index is 1.87. The molecule has 1 unspecified atom stereocenters. The third-order valence-corrected chi connectivity index (χ3v) is 4.61. The Morgan fingerprint density at radius 3 is 2.12 bits per heavy atom. The van der Waals surface area contributed by atoms with Crippen LogP contribution in [0.3, 0.4) is 0 Å². The molecule has 0 N–H and O–H groups in total. The minimum Gasteiger partial charge on any atom is -0.425 e. The first-order valence-electron chi connectivity index (χ1n) is 7.86. The van der Waals surface area contributed by atoms with Crippen LogP contribution in [0.2, 0.25) is 0 Å². The summed E-state index contributed by atoms with van der Waals surface area (Å²) in [6.45, 7) is 0. The number of thioether (sulfide) groups is 1. The number of para-hydroxylation sites is 1. The quantitative estimate of drug-likeness (QED) is 0.453. The fourth-order valence-corrected chi connectivity index (χ4v) is 3.20. The van der Waals surface area contributed by atoms with Crippen LogP contribution >= 0.6 is 11.8 Å². The molecule has 6 heteroatoms. The maximum Gasteiger partial charge on any atom is 0.334 e. The molecular weight excluding hydrogens is 338 g/mol. The minimum absolute atomic E-state index is 0.328. The zero-order chi connectivity index (χ0) is 17.8. The Morgan fingerprint density at radius 1 is 1.00 bits per heavy atom. The van der Waals surface area contributed by atoms with Crippen LogP contribution in [-0.2, 0) is 4.79 Å². The molecule has 3 rings (SSSR count). The maximum absolute atomic E-state index is 12.7. The lowest BCUT2D eigenvalue weighted by Crippen LogP contribution is -2.47. The summed E-state index contributed by atoms with van der Waals surface area (Å²) in [6.07, 6.45) is 2.25. The first kappa shape index (κ1) is 17.2. The molecule has 25 heavy (non-hydrogen) atoms. The lowest BCUT2D eigenvalue weighted by molar-refractivity contribution is -0.138. The van der Waals surface area contributed by atoms with Gasteiger partial charge in [-0.2, -0.15) is 11.8 Å². The monoisotopic (exact) mass is 355 g/mol. The number of hydrogen-bond donors (Lipinski definition) is 0. The van der Waals surface area contributed by atoms with Gasteiger partial charge in [-0.1, -0.05) is 30.3 Å². The van der Waals surface area contributed by atoms with Crippen LogP contribution in [0.25, 0.3) is 0 Å². The number of carbonyl (C=O) groups excluding carboxylic acids is 3. The van der Waals surface area contributed by atoms with Gasteiger partial charge < -0.3 is 4.74 Å². The predicted molar refractivity (Wildman–Crippen MR) is 95.8 cm³/mol. The average Bonchev–Trinajstić information content (AvgIpc) is 2.88. The van der Waals surface area contributed by atoms with Gasteiger partial charge in [0.25, 0.3) is 11.8 Å². The molecule has 0 fully saturated rings. The molecule has 0 radical (unpaired) electrons. The van der Waals surface area contributed by atoms with E-state index in [9.17, 15) is 14.4 Å². The topological polar surface area (TPSA) is 63.7 Å². The molecular formula is C19H17NO4S. The minimum atomic E-state index is -0.944. The maximum atomic E-state index is 12.7. The SMILES string of the molecule is CSCCC(C(=O)Oc1ccccc1)N1C(=O)c2ccccc2C1=O. The number of amides is 2. The highest BCUT2D eigenvalue weighted by Gasteiger charge is 2.43. The van der Waals surface area contributed by atoms with Crippen molar-refractivity contribution < 1.29 is 19.1 Å². The Labute approximate surface area is 150 Å². The van der Waals surface area contributed by atoms with Crippen LogP contribution in [0.15, 0.2) is 54.6 Å². The second kappa shape index (κ2) is 7.53. The molecule has 1 heterocycles. The van der Waals surface area contributed by atoms with Crippen molar-refractivity contribution in [3.63, 3.8) is 0 Å². The van der Waals surface area contributed by atoms with Gasteiger partial charge in [0.1, 0.15) is 11.8 Å². The molecule has 5 nitrogen and oxygen atoms in total. The number of fused-ring (bicyclic) bond motifs is 1. The molecule has 128 valence electrons. The van der Waals surface area contributed by atoms with Crippen molar-refractivity contribution in [2.45, 2.75) is 12.5 Å². The predicted octanol–water partition coefficient (Wildman–Crippen LogP) is 3.01. The number of ether oxygens (including phenoxy) is 1. The van der Waals surface area contributed by atoms with Crippen LogP contribution in [0.1, 0.15) is 27.1 Å². The van der Waals surface area contributed by atoms with Gasteiger partial charge in [0.15, 0.2) is 0 Å². The molecule has 0 bridgehead atoms. The summed E-state index contributed by atoms with van der Waals surface area (Å²) in [6, 6.07) is 14.3. The van der Waals surface area contributed by atoms with E-state index >= 15 is 0 Å². The molecule has 0 saturated carbocycles. The van der Waals surface area contributed by atoms with Crippen molar-refractivity contribution in [2.24, 2.45) is 0 Å². The highest BCUT2D eigenvalue weighted by Crippen LogP contribution is 2.27. The molecule has 0 aliphatic carbocycles. The van der Waals surface area contributed by atoms with Gasteiger partial charge in [0.2, 0.25) is 0 Å². The normalized spacial score (nSPS) is 14.4. The summed E-state index contributed by atoms with van der Waals surface area (Å²) in [7, 11) is 0. The van der Waals surface area contributed by atoms with E-state index in [1.807, 2.05) is 12.3 Å². The van der Waals surface area contributed by atoms with E-state index in [2.05, 4.69) is 0 Å². The first-order valence-corrected chi connectivity index (χ1v) is 9.25. The number of esters is 1. The Morgan fingerprint density at radius 2 is 1.56 bits per heavy atom. The zero-order valence-corrected chi connectivity index (χ0v) is 14.5. The number of nitrogens with zero attached hydrogens (tertiary/aromatic N) is 1. The number of hydrogen-bond acceptors (Lipinski definition) is 5. The third kappa shape index (κ3) is 3.44. The number of benzene rings is 2. The Kier molecular flexibility index (Phi) is 5.19. The fraction of sp³-hybridized carbons (Fsp3) is 0.211. The Bertz CT molecular complexity index is 771. The van der Waals surface area contributed by atoms with E-state index in [0.717, 1.165) is 4.90 Å². The molecule has 2 aromatic carbocycles. The van der Waals surface area contributed by atoms with Gasteiger partial charge in [0.05, 0.1) is 11.1 Å². The van der Waals surface area contributed by atoms with Crippen LogP contribution in [0, 0.1) is 0 Å². The second-order valence-corrected chi connectivity index (χ2v) is 6.54. The lowest BCUT2D eigenvalue weighted by atomic mass is 10.1. The molecule has 0 aromatic heterocycles. The van der Waals surface area contributed by atoms with Gasteiger partial charge in [-0.3, -0.25) is 14.5 Å². The molecule has 2 aromatic rings. The van der Waals surface area contributed by atoms with Gasteiger partial charge in [-0.05, 0) is 42.7 Å². The van der Waals surface area contributed by atoms with E-state index in [4.69, 9.17) is 4.74 Å². The van der Waals surface area contributed by atoms with Gasteiger partial charge in [0, 0.05) is 0 Å². The molecule has 0 spiro atoms. The van der Waals surface area contributed by atoms with E-state index in [-0.39, 0.29) is 0 Å². The van der Waals surface area contributed by atoms with E-state index in [0.29, 0.717) is 29.1 Å². The number of imide groups is 1. The summed E-state index contributed by atoms with van der Waals surface area (Å²) < 4.78 is 5.39. The van der Waals surface area contributed by atoms with Crippen molar-refractivity contribution in [1.29, 1.82) is 0 Å². The summed E-state index contributed by atoms with van der Waals surface area (Å²) in [5, 5.41) is 0. The lowest BCUT2D eigenvalue weighted by Gasteiger charge is -2.24. The fourth-order valence-electron chi connectivity index (χ4n) is 2.75. The first-order chi connectivity index (χ1) is 12.1. The zero-order valence-electron chi connectivity index (χ0n) is 13.7. The van der Waals surface area contributed by atoms with E-state index in [1.165, 1.54) is 0 Å². The summed E-state index contributed by atoms with van der Waals surface area (Å²) >= 11 is 1.54. The van der Waals surface area contributed by atoms with Crippen molar-refractivity contribution in [2.75, 3.05) is 12.0 Å². The van der Waals surface area contributed by atoms with Crippen LogP contribution < -0.4 is 4.74 Å². The second-order valence-electron chi connectivity index (χ2n) is 5.56. The molecule has 1 aliphatic rings. The van der Waals surface area contributed by atoms with Crippen LogP contribution in [0.5, 0.6) is 5.75 Å². The summed E-state index contributed by atoms with van der Waals surface area (Å²) in [4.78, 5) is 39.0.